The van der Waals surface area contributed by atoms with Crippen LogP contribution in [0.4, 0.5) is 0 Å². The van der Waals surface area contributed by atoms with Gasteiger partial charge < -0.3 is 11.5 Å². The predicted molar refractivity (Wildman–Crippen MR) is 93.5 cm³/mol. The minimum atomic E-state index is 0. The van der Waals surface area contributed by atoms with Gasteiger partial charge in [0.25, 0.3) is 0 Å². The summed E-state index contributed by atoms with van der Waals surface area (Å²) in [6.45, 7) is 0. The molecule has 2 aliphatic rings. The molecular formula is C20H22Ac2N2-2. The van der Waals surface area contributed by atoms with Gasteiger partial charge in [0.2, 0.25) is 0 Å². The Labute approximate surface area is 217 Å². The van der Waals surface area contributed by atoms with Crippen molar-refractivity contribution in [1.29, 1.82) is 0 Å². The van der Waals surface area contributed by atoms with E-state index in [4.69, 9.17) is 11.5 Å². The third-order valence-electron chi connectivity index (χ3n) is 4.44. The van der Waals surface area contributed by atoms with E-state index < -0.39 is 0 Å². The van der Waals surface area contributed by atoms with Gasteiger partial charge in [-0.3, -0.25) is 0 Å². The molecule has 0 heterocycles. The maximum absolute atomic E-state index is 7.75. The van der Waals surface area contributed by atoms with Gasteiger partial charge in [0.1, 0.15) is 0 Å². The van der Waals surface area contributed by atoms with Gasteiger partial charge in [-0.05, 0) is 36.0 Å². The van der Waals surface area contributed by atoms with Crippen LogP contribution < -0.4 is 0 Å². The summed E-state index contributed by atoms with van der Waals surface area (Å²) in [7, 11) is 0. The molecule has 0 saturated carbocycles. The van der Waals surface area contributed by atoms with Crippen LogP contribution in [0, 0.1) is 88.1 Å². The summed E-state index contributed by atoms with van der Waals surface area (Å²) in [5.41, 5.74) is 21.1. The Hall–Kier alpha value is 0.823. The normalized spacial score (nSPS) is 17.5. The SMILES string of the molecule is [Ac].[Ac].[NH-]C1=CCCc2ccccc21.[NH-]C1CCCc2ccccc21. The Morgan fingerprint density at radius 1 is 0.833 bits per heavy atom. The number of benzene rings is 2. The Bertz CT molecular complexity index is 683. The third-order valence-corrected chi connectivity index (χ3v) is 4.44. The van der Waals surface area contributed by atoms with Crippen molar-refractivity contribution in [2.45, 2.75) is 38.1 Å². The fraction of sp³-hybridized carbons (Fsp3) is 0.300. The number of aryl methyl sites for hydroxylation is 2. The zero-order valence-corrected chi connectivity index (χ0v) is 23.5. The van der Waals surface area contributed by atoms with Crippen LogP contribution in [-0.2, 0) is 12.8 Å². The molecule has 0 spiro atoms. The van der Waals surface area contributed by atoms with Crippen LogP contribution in [-0.4, -0.2) is 0 Å². The molecule has 4 heteroatoms. The van der Waals surface area contributed by atoms with Gasteiger partial charge in [-0.25, -0.2) is 0 Å². The van der Waals surface area contributed by atoms with E-state index in [1.54, 1.807) is 0 Å². The molecule has 0 bridgehead atoms. The van der Waals surface area contributed by atoms with Crippen molar-refractivity contribution in [3.05, 3.63) is 88.3 Å². The molecule has 2 aromatic rings. The number of allylic oxidation sites excluding steroid dienone is 1. The summed E-state index contributed by atoms with van der Waals surface area (Å²) in [6.07, 6.45) is 7.50. The van der Waals surface area contributed by atoms with Crippen molar-refractivity contribution in [1.82, 2.24) is 0 Å². The van der Waals surface area contributed by atoms with Crippen LogP contribution in [0.25, 0.3) is 17.2 Å². The minimum absolute atomic E-state index is 0. The molecule has 2 nitrogen and oxygen atoms in total. The molecule has 24 heavy (non-hydrogen) atoms. The molecule has 0 aromatic heterocycles. The van der Waals surface area contributed by atoms with E-state index in [0.717, 1.165) is 24.8 Å². The average molecular weight is 744 g/mol. The Morgan fingerprint density at radius 3 is 2.21 bits per heavy atom. The molecule has 2 N–H and O–H groups in total. The summed E-state index contributed by atoms with van der Waals surface area (Å²) in [6, 6.07) is 16.5. The van der Waals surface area contributed by atoms with Gasteiger partial charge >= 0.3 is 0 Å². The number of rotatable bonds is 0. The smallest absolute Gasteiger partial charge is 0 e. The van der Waals surface area contributed by atoms with Crippen molar-refractivity contribution in [2.24, 2.45) is 0 Å². The summed E-state index contributed by atoms with van der Waals surface area (Å²) >= 11 is 0. The van der Waals surface area contributed by atoms with E-state index in [-0.39, 0.29) is 94.2 Å². The number of hydrogen-bond acceptors (Lipinski definition) is 0. The molecule has 0 aliphatic heterocycles. The minimum Gasteiger partial charge on any atom is -0.698 e. The molecule has 1 unspecified atom stereocenters. The molecule has 120 valence electrons. The van der Waals surface area contributed by atoms with E-state index in [2.05, 4.69) is 24.3 Å². The zero-order chi connectivity index (χ0) is 15.4. The summed E-state index contributed by atoms with van der Waals surface area (Å²) in [5, 5.41) is 0. The molecule has 2 aromatic carbocycles. The van der Waals surface area contributed by atoms with Crippen molar-refractivity contribution >= 4 is 5.70 Å². The molecule has 0 saturated heterocycles. The fourth-order valence-corrected chi connectivity index (χ4v) is 3.24. The number of nitrogens with one attached hydrogen (secondary N) is 2. The topological polar surface area (TPSA) is 47.6 Å². The zero-order valence-electron chi connectivity index (χ0n) is 14.0. The summed E-state index contributed by atoms with van der Waals surface area (Å²) < 4.78 is 0. The van der Waals surface area contributed by atoms with Gasteiger partial charge in [0, 0.05) is 88.1 Å². The van der Waals surface area contributed by atoms with Crippen molar-refractivity contribution < 1.29 is 88.1 Å². The van der Waals surface area contributed by atoms with E-state index in [9.17, 15) is 0 Å². The summed E-state index contributed by atoms with van der Waals surface area (Å²) in [4.78, 5) is 0. The largest absolute Gasteiger partial charge is 0.698 e. The molecule has 1 atom stereocenters. The second-order valence-electron chi connectivity index (χ2n) is 5.96. The third kappa shape index (κ3) is 5.93. The quantitative estimate of drug-likeness (QED) is 0.312. The first-order chi connectivity index (χ1) is 10.8. The Kier molecular flexibility index (Phi) is 11.0. The maximum Gasteiger partial charge on any atom is 0 e. The van der Waals surface area contributed by atoms with Gasteiger partial charge in [0.05, 0.1) is 0 Å². The monoisotopic (exact) mass is 744 g/mol. The standard InChI is InChI=1S/C10H12N.C10H10N.2Ac/c2*11-10-7-3-5-8-4-1-2-6-9(8)10;;/h1-2,4,6,10-11H,3,5,7H2;1-2,4,6-7,11H,3,5H2;;/q2*-1;;. The van der Waals surface area contributed by atoms with Crippen LogP contribution in [0.15, 0.2) is 54.6 Å². The van der Waals surface area contributed by atoms with Gasteiger partial charge in [-0.15, -0.1) is 11.7 Å². The van der Waals surface area contributed by atoms with E-state index >= 15 is 0 Å². The fourth-order valence-electron chi connectivity index (χ4n) is 3.24. The predicted octanol–water partition coefficient (Wildman–Crippen LogP) is 6.14. The van der Waals surface area contributed by atoms with E-state index in [1.165, 1.54) is 29.5 Å². The molecule has 4 rings (SSSR count). The molecular weight excluding hydrogens is 722 g/mol. The Balaban J connectivity index is 0.000000222. The Morgan fingerprint density at radius 2 is 1.50 bits per heavy atom. The van der Waals surface area contributed by atoms with Gasteiger partial charge in [0.15, 0.2) is 0 Å². The van der Waals surface area contributed by atoms with Crippen LogP contribution >= 0.6 is 0 Å². The van der Waals surface area contributed by atoms with Crippen LogP contribution in [0.5, 0.6) is 0 Å². The van der Waals surface area contributed by atoms with Crippen molar-refractivity contribution in [3.63, 3.8) is 0 Å². The molecule has 2 radical (unpaired) electrons. The van der Waals surface area contributed by atoms with Crippen molar-refractivity contribution in [2.75, 3.05) is 0 Å². The van der Waals surface area contributed by atoms with E-state index in [0.29, 0.717) is 5.70 Å². The first-order valence-electron chi connectivity index (χ1n) is 8.04. The van der Waals surface area contributed by atoms with E-state index in [1.807, 2.05) is 30.3 Å². The number of fused-ring (bicyclic) bond motifs is 2. The first-order valence-corrected chi connectivity index (χ1v) is 8.04. The molecule has 0 fully saturated rings. The van der Waals surface area contributed by atoms with Crippen LogP contribution in [0.2, 0.25) is 0 Å². The van der Waals surface area contributed by atoms with Gasteiger partial charge in [-0.1, -0.05) is 73.0 Å². The average Bonchev–Trinajstić information content (AvgIpc) is 2.57. The molecule has 0 amide bonds. The second-order valence-corrected chi connectivity index (χ2v) is 5.96. The van der Waals surface area contributed by atoms with Crippen LogP contribution in [0.1, 0.15) is 47.6 Å². The van der Waals surface area contributed by atoms with Gasteiger partial charge in [-0.2, -0.15) is 0 Å². The summed E-state index contributed by atoms with van der Waals surface area (Å²) in [5.74, 6) is 0. The van der Waals surface area contributed by atoms with Crippen molar-refractivity contribution in [3.8, 4) is 0 Å². The first kappa shape index (κ1) is 22.9. The maximum atomic E-state index is 7.75. The number of hydrogen-bond donors (Lipinski definition) is 0. The van der Waals surface area contributed by atoms with Crippen LogP contribution in [0.3, 0.4) is 0 Å². The molecule has 2 aliphatic carbocycles. The second kappa shape index (κ2) is 11.5.